The second kappa shape index (κ2) is 8.22. The molecule has 6 nitrogen and oxygen atoms in total. The van der Waals surface area contributed by atoms with Crippen molar-refractivity contribution in [1.82, 2.24) is 20.3 Å². The first-order valence-electron chi connectivity index (χ1n) is 8.40. The number of benzene rings is 1. The number of hydrogen-bond donors (Lipinski definition) is 1. The molecule has 1 aromatic carbocycles. The zero-order valence-corrected chi connectivity index (χ0v) is 16.2. The molecule has 0 aliphatic rings. The van der Waals surface area contributed by atoms with Crippen molar-refractivity contribution in [3.8, 4) is 0 Å². The molecule has 3 aromatic rings. The molecular formula is C19H20FN5OS. The third-order valence-corrected chi connectivity index (χ3v) is 5.00. The van der Waals surface area contributed by atoms with Gasteiger partial charge in [-0.25, -0.2) is 19.3 Å². The molecule has 1 amide bonds. The van der Waals surface area contributed by atoms with E-state index in [1.54, 1.807) is 29.3 Å². The lowest BCUT2D eigenvalue weighted by atomic mass is 10.1. The van der Waals surface area contributed by atoms with Gasteiger partial charge in [0.2, 0.25) is 5.95 Å². The fourth-order valence-electron chi connectivity index (χ4n) is 2.47. The first-order chi connectivity index (χ1) is 12.9. The molecule has 0 unspecified atom stereocenters. The molecule has 0 aliphatic carbocycles. The third-order valence-electron chi connectivity index (χ3n) is 3.85. The van der Waals surface area contributed by atoms with Crippen molar-refractivity contribution in [2.24, 2.45) is 0 Å². The fraction of sp³-hybridized carbons (Fsp3) is 0.263. The summed E-state index contributed by atoms with van der Waals surface area (Å²) in [6.07, 6.45) is 2.24. The molecule has 0 aliphatic heterocycles. The highest BCUT2D eigenvalue weighted by Crippen LogP contribution is 2.21. The number of halogens is 1. The van der Waals surface area contributed by atoms with Gasteiger partial charge in [-0.3, -0.25) is 4.79 Å². The Morgan fingerprint density at radius 1 is 1.19 bits per heavy atom. The fourth-order valence-corrected chi connectivity index (χ4v) is 3.48. The average molecular weight is 385 g/mol. The van der Waals surface area contributed by atoms with E-state index < -0.39 is 0 Å². The Balaban J connectivity index is 1.65. The van der Waals surface area contributed by atoms with Crippen molar-refractivity contribution in [2.45, 2.75) is 19.9 Å². The molecule has 0 spiro atoms. The third kappa shape index (κ3) is 4.85. The van der Waals surface area contributed by atoms with Crippen LogP contribution in [0.15, 0.2) is 36.5 Å². The van der Waals surface area contributed by atoms with Gasteiger partial charge in [-0.05, 0) is 30.7 Å². The summed E-state index contributed by atoms with van der Waals surface area (Å²) in [7, 11) is 3.72. The Kier molecular flexibility index (Phi) is 5.75. The monoisotopic (exact) mass is 385 g/mol. The normalized spacial score (nSPS) is 10.7. The maximum absolute atomic E-state index is 13.0. The second-order valence-electron chi connectivity index (χ2n) is 6.25. The predicted octanol–water partition coefficient (Wildman–Crippen LogP) is 2.97. The minimum atomic E-state index is -0.267. The summed E-state index contributed by atoms with van der Waals surface area (Å²) in [5.41, 5.74) is 2.37. The molecule has 0 atom stereocenters. The molecule has 0 radical (unpaired) electrons. The van der Waals surface area contributed by atoms with Crippen LogP contribution in [0.3, 0.4) is 0 Å². The van der Waals surface area contributed by atoms with Crippen LogP contribution in [0.1, 0.15) is 31.6 Å². The van der Waals surface area contributed by atoms with E-state index in [0.717, 1.165) is 16.3 Å². The summed E-state index contributed by atoms with van der Waals surface area (Å²) in [6, 6.07) is 8.07. The standard InChI is InChI=1S/C19H20FN5OS/c1-12-17(27-16(23-12)10-13-4-6-14(20)7-5-13)18(26)22-11-15-8-9-21-19(24-15)25(2)3/h4-9H,10-11H2,1-3H3,(H,22,26). The summed E-state index contributed by atoms with van der Waals surface area (Å²) in [6.45, 7) is 2.13. The van der Waals surface area contributed by atoms with Gasteiger partial charge in [-0.2, -0.15) is 0 Å². The highest BCUT2D eigenvalue weighted by Gasteiger charge is 2.16. The number of hydrogen-bond acceptors (Lipinski definition) is 6. The van der Waals surface area contributed by atoms with Gasteiger partial charge in [0.25, 0.3) is 5.91 Å². The molecule has 0 fully saturated rings. The highest BCUT2D eigenvalue weighted by atomic mass is 32.1. The number of amides is 1. The molecule has 3 rings (SSSR count). The quantitative estimate of drug-likeness (QED) is 0.706. The number of nitrogens with one attached hydrogen (secondary N) is 1. The number of carbonyl (C=O) groups excluding carboxylic acids is 1. The van der Waals surface area contributed by atoms with Crippen molar-refractivity contribution >= 4 is 23.2 Å². The molecule has 1 N–H and O–H groups in total. The van der Waals surface area contributed by atoms with Crippen LogP contribution in [0, 0.1) is 12.7 Å². The summed E-state index contributed by atoms with van der Waals surface area (Å²) in [5.74, 6) is 0.147. The van der Waals surface area contributed by atoms with Crippen LogP contribution in [0.2, 0.25) is 0 Å². The van der Waals surface area contributed by atoms with Crippen molar-refractivity contribution < 1.29 is 9.18 Å². The Bertz CT molecular complexity index is 940. The number of rotatable bonds is 6. The Labute approximate surface area is 161 Å². The Morgan fingerprint density at radius 2 is 1.93 bits per heavy atom. The molecule has 0 bridgehead atoms. The zero-order chi connectivity index (χ0) is 19.4. The molecular weight excluding hydrogens is 365 g/mol. The number of nitrogens with zero attached hydrogens (tertiary/aromatic N) is 4. The van der Waals surface area contributed by atoms with Crippen molar-refractivity contribution in [2.75, 3.05) is 19.0 Å². The van der Waals surface area contributed by atoms with Crippen LogP contribution in [0.5, 0.6) is 0 Å². The van der Waals surface area contributed by atoms with Crippen LogP contribution in [0.25, 0.3) is 0 Å². The van der Waals surface area contributed by atoms with Gasteiger partial charge in [-0.15, -0.1) is 11.3 Å². The predicted molar refractivity (Wildman–Crippen MR) is 104 cm³/mol. The van der Waals surface area contributed by atoms with Gasteiger partial charge in [-0.1, -0.05) is 12.1 Å². The first kappa shape index (κ1) is 18.9. The summed E-state index contributed by atoms with van der Waals surface area (Å²) in [5, 5.41) is 3.70. The molecule has 0 saturated heterocycles. The van der Waals surface area contributed by atoms with E-state index in [0.29, 0.717) is 29.5 Å². The van der Waals surface area contributed by atoms with E-state index in [-0.39, 0.29) is 11.7 Å². The number of carbonyl (C=O) groups is 1. The van der Waals surface area contributed by atoms with E-state index in [1.165, 1.54) is 23.5 Å². The van der Waals surface area contributed by atoms with Gasteiger partial charge in [0, 0.05) is 26.7 Å². The smallest absolute Gasteiger partial charge is 0.263 e. The first-order valence-corrected chi connectivity index (χ1v) is 9.22. The van der Waals surface area contributed by atoms with E-state index in [9.17, 15) is 9.18 Å². The molecule has 27 heavy (non-hydrogen) atoms. The van der Waals surface area contributed by atoms with Gasteiger partial charge >= 0.3 is 0 Å². The second-order valence-corrected chi connectivity index (χ2v) is 7.33. The Hall–Kier alpha value is -2.87. The van der Waals surface area contributed by atoms with Crippen LogP contribution >= 0.6 is 11.3 Å². The van der Waals surface area contributed by atoms with Gasteiger partial charge in [0.1, 0.15) is 10.7 Å². The Morgan fingerprint density at radius 3 is 2.63 bits per heavy atom. The van der Waals surface area contributed by atoms with E-state index in [4.69, 9.17) is 0 Å². The molecule has 140 valence electrons. The van der Waals surface area contributed by atoms with Crippen molar-refractivity contribution in [3.63, 3.8) is 0 Å². The number of aryl methyl sites for hydroxylation is 1. The van der Waals surface area contributed by atoms with Crippen molar-refractivity contribution in [3.05, 3.63) is 69.2 Å². The molecule has 2 heterocycles. The van der Waals surface area contributed by atoms with Crippen LogP contribution < -0.4 is 10.2 Å². The van der Waals surface area contributed by atoms with Gasteiger partial charge in [0.15, 0.2) is 0 Å². The number of aromatic nitrogens is 3. The van der Waals surface area contributed by atoms with E-state index in [1.807, 2.05) is 21.0 Å². The maximum atomic E-state index is 13.0. The van der Waals surface area contributed by atoms with Gasteiger partial charge < -0.3 is 10.2 Å². The topological polar surface area (TPSA) is 71.0 Å². The maximum Gasteiger partial charge on any atom is 0.263 e. The molecule has 0 saturated carbocycles. The van der Waals surface area contributed by atoms with Gasteiger partial charge in [0.05, 0.1) is 22.9 Å². The van der Waals surface area contributed by atoms with Crippen LogP contribution in [0.4, 0.5) is 10.3 Å². The minimum Gasteiger partial charge on any atom is -0.347 e. The van der Waals surface area contributed by atoms with Crippen LogP contribution in [-0.4, -0.2) is 35.0 Å². The lowest BCUT2D eigenvalue weighted by Crippen LogP contribution is -2.23. The summed E-state index contributed by atoms with van der Waals surface area (Å²) >= 11 is 1.35. The average Bonchev–Trinajstić information content (AvgIpc) is 3.02. The summed E-state index contributed by atoms with van der Waals surface area (Å²) in [4.78, 5) is 27.9. The highest BCUT2D eigenvalue weighted by molar-refractivity contribution is 7.13. The summed E-state index contributed by atoms with van der Waals surface area (Å²) < 4.78 is 13.0. The largest absolute Gasteiger partial charge is 0.347 e. The minimum absolute atomic E-state index is 0.180. The zero-order valence-electron chi connectivity index (χ0n) is 15.4. The number of anilines is 1. The number of thiazole rings is 1. The lowest BCUT2D eigenvalue weighted by molar-refractivity contribution is 0.0953. The lowest BCUT2D eigenvalue weighted by Gasteiger charge is -2.11. The van der Waals surface area contributed by atoms with E-state index in [2.05, 4.69) is 20.3 Å². The van der Waals surface area contributed by atoms with Crippen molar-refractivity contribution in [1.29, 1.82) is 0 Å². The van der Waals surface area contributed by atoms with Crippen LogP contribution in [-0.2, 0) is 13.0 Å². The molecule has 8 heteroatoms. The van der Waals surface area contributed by atoms with E-state index >= 15 is 0 Å². The SMILES string of the molecule is Cc1nc(Cc2ccc(F)cc2)sc1C(=O)NCc1ccnc(N(C)C)n1. The molecule has 2 aromatic heterocycles.